The number of rotatable bonds is 14. The minimum atomic E-state index is 0.701. The Hall–Kier alpha value is -16.7. The van der Waals surface area contributed by atoms with Crippen molar-refractivity contribution in [2.75, 3.05) is 0 Å². The van der Waals surface area contributed by atoms with E-state index >= 15 is 0 Å². The summed E-state index contributed by atoms with van der Waals surface area (Å²) < 4.78 is 9.55. The number of hydrogen-bond acceptors (Lipinski definition) is 4. The molecule has 0 aliphatic carbocycles. The molecule has 18 aromatic carbocycles. The summed E-state index contributed by atoms with van der Waals surface area (Å²) in [7, 11) is 0. The van der Waals surface area contributed by atoms with Crippen LogP contribution >= 0.6 is 0 Å². The summed E-state index contributed by atoms with van der Waals surface area (Å²) in [6, 6.07) is 164. The molecule has 124 heavy (non-hydrogen) atoms. The maximum absolute atomic E-state index is 5.14. The Kier molecular flexibility index (Phi) is 18.1. The molecule has 0 aliphatic rings. The van der Waals surface area contributed by atoms with Gasteiger partial charge >= 0.3 is 0 Å². The second-order valence-electron chi connectivity index (χ2n) is 31.6. The summed E-state index contributed by atoms with van der Waals surface area (Å²) in [5, 5.41) is 9.86. The van der Waals surface area contributed by atoms with Crippen LogP contribution in [-0.4, -0.2) is 38.2 Å². The van der Waals surface area contributed by atoms with Gasteiger partial charge < -0.3 is 18.3 Å². The predicted octanol–water partition coefficient (Wildman–Crippen LogP) is 30.0. The monoisotopic (exact) mass is 1580 g/mol. The Bertz CT molecular complexity index is 8080. The smallest absolute Gasteiger partial charge is 0.160 e. The molecule has 24 rings (SSSR count). The summed E-state index contributed by atoms with van der Waals surface area (Å²) in [5.74, 6) is 1.41. The highest BCUT2D eigenvalue weighted by molar-refractivity contribution is 6.15. The summed E-state index contributed by atoms with van der Waals surface area (Å²) in [6.07, 6.45) is 0. The Morgan fingerprint density at radius 3 is 0.685 bits per heavy atom. The third-order valence-corrected chi connectivity index (χ3v) is 24.3. The number of aromatic nitrogens is 8. The highest BCUT2D eigenvalue weighted by Gasteiger charge is 2.22. The van der Waals surface area contributed by atoms with E-state index in [1.54, 1.807) is 0 Å². The van der Waals surface area contributed by atoms with Crippen LogP contribution in [0.4, 0.5) is 0 Å². The van der Waals surface area contributed by atoms with E-state index in [9.17, 15) is 0 Å². The number of hydrogen-bond donors (Lipinski definition) is 0. The van der Waals surface area contributed by atoms with E-state index in [2.05, 4.69) is 431 Å². The first-order chi connectivity index (χ1) is 61.5. The Balaban J connectivity index is 0.000000143. The standard InChI is InChI=1S/2C58H38N4/c1-4-14-39(15-5-1)40-24-30-46(31-25-40)61-55-23-13-11-21-49(55)51-36-44(29-35-56(51)61)45-28-34-50-48-20-10-12-22-54(48)62(57(50)37-45)47-32-26-42(27-33-47)53-38-52(41-16-6-2-7-17-41)59-58(60-53)43-18-8-3-9-19-43;1-4-14-39(15-5-1)40-24-26-41(27-25-40)52-38-53(60-58(59-52)43-16-6-2-7-17-43)42-28-32-47(33-29-42)62-54-22-12-10-20-48(54)50-34-30-45(37-57(50)62)44-31-35-56-51(36-44)49-21-11-13-23-55(49)61(56)46-18-8-3-9-19-46/h2*1-38H. The molecule has 0 saturated heterocycles. The van der Waals surface area contributed by atoms with Gasteiger partial charge in [0.05, 0.1) is 66.9 Å². The molecule has 0 unspecified atom stereocenters. The second kappa shape index (κ2) is 30.9. The van der Waals surface area contributed by atoms with Crippen LogP contribution in [-0.2, 0) is 0 Å². The lowest BCUT2D eigenvalue weighted by Crippen LogP contribution is -1.97. The number of para-hydroxylation sites is 5. The zero-order valence-corrected chi connectivity index (χ0v) is 67.5. The van der Waals surface area contributed by atoms with Crippen LogP contribution in [0.1, 0.15) is 0 Å². The minimum absolute atomic E-state index is 0.701. The van der Waals surface area contributed by atoms with E-state index in [0.29, 0.717) is 11.6 Å². The van der Waals surface area contributed by atoms with Crippen molar-refractivity contribution in [1.29, 1.82) is 0 Å². The van der Waals surface area contributed by atoms with Crippen molar-refractivity contribution in [2.45, 2.75) is 0 Å². The van der Waals surface area contributed by atoms with E-state index in [0.717, 1.165) is 89.9 Å². The molecule has 6 heterocycles. The number of benzene rings is 18. The molecule has 6 aromatic heterocycles. The van der Waals surface area contributed by atoms with Gasteiger partial charge in [-0.3, -0.25) is 0 Å². The van der Waals surface area contributed by atoms with Crippen LogP contribution in [0.15, 0.2) is 461 Å². The molecule has 0 amide bonds. The van der Waals surface area contributed by atoms with Gasteiger partial charge in [-0.1, -0.05) is 340 Å². The summed E-state index contributed by atoms with van der Waals surface area (Å²) in [5.41, 5.74) is 33.1. The van der Waals surface area contributed by atoms with Gasteiger partial charge in [-0.2, -0.15) is 0 Å². The molecule has 580 valence electrons. The van der Waals surface area contributed by atoms with Crippen molar-refractivity contribution in [3.63, 3.8) is 0 Å². The van der Waals surface area contributed by atoms with Gasteiger partial charge in [0.2, 0.25) is 0 Å². The Morgan fingerprint density at radius 1 is 0.121 bits per heavy atom. The summed E-state index contributed by atoms with van der Waals surface area (Å²) in [6.45, 7) is 0. The van der Waals surface area contributed by atoms with Crippen molar-refractivity contribution in [1.82, 2.24) is 38.2 Å². The largest absolute Gasteiger partial charge is 0.309 e. The van der Waals surface area contributed by atoms with E-state index in [1.807, 2.05) is 48.5 Å². The average molecular weight is 1580 g/mol. The third-order valence-electron chi connectivity index (χ3n) is 24.3. The lowest BCUT2D eigenvalue weighted by molar-refractivity contribution is 1.17. The minimum Gasteiger partial charge on any atom is -0.309 e. The second-order valence-corrected chi connectivity index (χ2v) is 31.6. The van der Waals surface area contributed by atoms with Crippen molar-refractivity contribution in [2.24, 2.45) is 0 Å². The fraction of sp³-hybridized carbons (Fsp3) is 0. The zero-order valence-electron chi connectivity index (χ0n) is 67.5. The normalized spacial score (nSPS) is 11.5. The molecule has 8 heteroatoms. The fourth-order valence-electron chi connectivity index (χ4n) is 18.3. The van der Waals surface area contributed by atoms with Gasteiger partial charge in [-0.15, -0.1) is 0 Å². The molecule has 8 nitrogen and oxygen atoms in total. The SMILES string of the molecule is c1ccc(-c2ccc(-c3cc(-c4ccc(-n5c6ccccc6c6ccc(-c7ccc8c(c7)c7ccccc7n8-c7ccccc7)cc65)cc4)nc(-c4ccccc4)n3)cc2)cc1.c1ccc(-c2ccc(-n3c4ccccc4c4cc(-c5ccc6c7ccccc7n(-c7ccc(-c8cc(-c9ccccc9)nc(-c9ccccc9)n8)cc7)c6c5)ccc43)cc2)cc1. The van der Waals surface area contributed by atoms with E-state index < -0.39 is 0 Å². The van der Waals surface area contributed by atoms with Gasteiger partial charge in [0.25, 0.3) is 0 Å². The average Bonchev–Trinajstić information content (AvgIpc) is 1.59. The molecule has 0 radical (unpaired) electrons. The zero-order chi connectivity index (χ0) is 82.0. The van der Waals surface area contributed by atoms with Crippen LogP contribution in [0.2, 0.25) is 0 Å². The maximum Gasteiger partial charge on any atom is 0.160 e. The van der Waals surface area contributed by atoms with Crippen LogP contribution in [0, 0.1) is 0 Å². The van der Waals surface area contributed by atoms with E-state index in [1.165, 1.54) is 121 Å². The first-order valence-corrected chi connectivity index (χ1v) is 42.1. The molecular weight excluding hydrogens is 1510 g/mol. The third kappa shape index (κ3) is 13.1. The van der Waals surface area contributed by atoms with Crippen LogP contribution in [0.5, 0.6) is 0 Å². The highest BCUT2D eigenvalue weighted by Crippen LogP contribution is 2.43. The Morgan fingerprint density at radius 2 is 0.331 bits per heavy atom. The fourth-order valence-corrected chi connectivity index (χ4v) is 18.3. The highest BCUT2D eigenvalue weighted by atomic mass is 15.0. The van der Waals surface area contributed by atoms with Crippen LogP contribution < -0.4 is 0 Å². The summed E-state index contributed by atoms with van der Waals surface area (Å²) in [4.78, 5) is 20.3. The molecule has 0 atom stereocenters. The van der Waals surface area contributed by atoms with Crippen molar-refractivity contribution >= 4 is 87.2 Å². The summed E-state index contributed by atoms with van der Waals surface area (Å²) >= 11 is 0. The van der Waals surface area contributed by atoms with Gasteiger partial charge in [-0.25, -0.2) is 19.9 Å². The Labute approximate surface area is 716 Å². The van der Waals surface area contributed by atoms with Crippen LogP contribution in [0.3, 0.4) is 0 Å². The van der Waals surface area contributed by atoms with E-state index in [4.69, 9.17) is 19.9 Å². The van der Waals surface area contributed by atoms with Crippen molar-refractivity contribution < 1.29 is 0 Å². The van der Waals surface area contributed by atoms with Crippen molar-refractivity contribution in [3.05, 3.63) is 461 Å². The van der Waals surface area contributed by atoms with Crippen LogP contribution in [0.25, 0.3) is 222 Å². The topological polar surface area (TPSA) is 71.3 Å². The van der Waals surface area contributed by atoms with Gasteiger partial charge in [-0.05, 0) is 166 Å². The predicted molar refractivity (Wildman–Crippen MR) is 516 cm³/mol. The first-order valence-electron chi connectivity index (χ1n) is 42.1. The lowest BCUT2D eigenvalue weighted by Gasteiger charge is -2.12. The van der Waals surface area contributed by atoms with Gasteiger partial charge in [0.15, 0.2) is 11.6 Å². The van der Waals surface area contributed by atoms with E-state index in [-0.39, 0.29) is 0 Å². The molecule has 0 N–H and O–H groups in total. The molecule has 24 aromatic rings. The number of nitrogens with zero attached hydrogens (tertiary/aromatic N) is 8. The maximum atomic E-state index is 5.14. The van der Waals surface area contributed by atoms with Crippen molar-refractivity contribution in [3.8, 4) is 135 Å². The molecule has 0 fully saturated rings. The van der Waals surface area contributed by atoms with Gasteiger partial charge in [0, 0.05) is 99.2 Å². The first kappa shape index (κ1) is 72.5. The lowest BCUT2D eigenvalue weighted by atomic mass is 10.0. The quantitative estimate of drug-likeness (QED) is 0.109. The molecule has 0 spiro atoms. The molecule has 0 bridgehead atoms. The molecule has 0 aliphatic heterocycles. The van der Waals surface area contributed by atoms with Gasteiger partial charge in [0.1, 0.15) is 0 Å². The molecular formula is C116H76N8. The molecule has 0 saturated carbocycles. The number of fused-ring (bicyclic) bond motifs is 12.